The Morgan fingerprint density at radius 2 is 2.05 bits per heavy atom. The summed E-state index contributed by atoms with van der Waals surface area (Å²) in [6.07, 6.45) is 0. The summed E-state index contributed by atoms with van der Waals surface area (Å²) >= 11 is 0. The lowest BCUT2D eigenvalue weighted by Gasteiger charge is -2.43. The third-order valence-electron chi connectivity index (χ3n) is 2.83. The highest BCUT2D eigenvalue weighted by atomic mass is 16.6. The van der Waals surface area contributed by atoms with Crippen molar-refractivity contribution in [1.82, 2.24) is 4.90 Å². The molecule has 0 aromatic heterocycles. The molecule has 1 aromatic carbocycles. The number of carbonyl (C=O) groups excluding carboxylic acids is 1. The van der Waals surface area contributed by atoms with Gasteiger partial charge in [0.25, 0.3) is 11.6 Å². The van der Waals surface area contributed by atoms with E-state index in [1.54, 1.807) is 6.92 Å². The Morgan fingerprint density at radius 1 is 1.47 bits per heavy atom. The third kappa shape index (κ3) is 3.19. The number of benzene rings is 1. The van der Waals surface area contributed by atoms with Gasteiger partial charge >= 0.3 is 0 Å². The van der Waals surface area contributed by atoms with Gasteiger partial charge in [-0.2, -0.15) is 0 Å². The molecule has 102 valence electrons. The molecule has 0 spiro atoms. The van der Waals surface area contributed by atoms with E-state index < -0.39 is 10.5 Å². The van der Waals surface area contributed by atoms with Gasteiger partial charge in [0.1, 0.15) is 5.75 Å². The first-order valence-corrected chi connectivity index (χ1v) is 5.75. The molecule has 1 aliphatic rings. The smallest absolute Gasteiger partial charge is 0.269 e. The molecule has 7 nitrogen and oxygen atoms in total. The van der Waals surface area contributed by atoms with Crippen LogP contribution in [-0.4, -0.2) is 46.1 Å². The molecule has 1 saturated heterocycles. The highest BCUT2D eigenvalue weighted by Crippen LogP contribution is 2.21. The first kappa shape index (κ1) is 13.3. The van der Waals surface area contributed by atoms with Crippen molar-refractivity contribution < 1.29 is 19.6 Å². The van der Waals surface area contributed by atoms with Crippen molar-refractivity contribution in [3.8, 4) is 5.75 Å². The zero-order valence-corrected chi connectivity index (χ0v) is 10.4. The number of rotatable bonds is 4. The Kier molecular flexibility index (Phi) is 3.39. The maximum absolute atomic E-state index is 11.6. The first-order valence-electron chi connectivity index (χ1n) is 5.75. The number of nitro benzene ring substituents is 1. The van der Waals surface area contributed by atoms with E-state index in [0.29, 0.717) is 18.8 Å². The van der Waals surface area contributed by atoms with Crippen LogP contribution in [0.1, 0.15) is 6.92 Å². The summed E-state index contributed by atoms with van der Waals surface area (Å²) in [7, 11) is 0. The number of carbonyl (C=O) groups is 1. The Bertz CT molecular complexity index is 489. The highest BCUT2D eigenvalue weighted by Gasteiger charge is 2.39. The van der Waals surface area contributed by atoms with Gasteiger partial charge < -0.3 is 14.7 Å². The lowest BCUT2D eigenvalue weighted by molar-refractivity contribution is -0.384. The van der Waals surface area contributed by atoms with Crippen molar-refractivity contribution in [3.05, 3.63) is 34.4 Å². The van der Waals surface area contributed by atoms with Gasteiger partial charge in [-0.1, -0.05) is 0 Å². The Morgan fingerprint density at radius 3 is 2.53 bits per heavy atom. The van der Waals surface area contributed by atoms with Crippen molar-refractivity contribution in [2.24, 2.45) is 0 Å². The normalized spacial score (nSPS) is 16.6. The minimum atomic E-state index is -0.803. The van der Waals surface area contributed by atoms with Crippen LogP contribution in [0.3, 0.4) is 0 Å². The molecule has 7 heteroatoms. The maximum Gasteiger partial charge on any atom is 0.269 e. The number of nitrogens with zero attached hydrogens (tertiary/aromatic N) is 2. The van der Waals surface area contributed by atoms with Crippen molar-refractivity contribution in [1.29, 1.82) is 0 Å². The van der Waals surface area contributed by atoms with Crippen LogP contribution in [-0.2, 0) is 4.79 Å². The third-order valence-corrected chi connectivity index (χ3v) is 2.83. The molecule has 1 heterocycles. The van der Waals surface area contributed by atoms with Crippen LogP contribution >= 0.6 is 0 Å². The van der Waals surface area contributed by atoms with Gasteiger partial charge in [-0.25, -0.2) is 0 Å². The minimum absolute atomic E-state index is 0.0301. The fourth-order valence-electron chi connectivity index (χ4n) is 1.85. The predicted molar refractivity (Wildman–Crippen MR) is 65.8 cm³/mol. The lowest BCUT2D eigenvalue weighted by atomic mass is 9.97. The van der Waals surface area contributed by atoms with Crippen LogP contribution < -0.4 is 4.74 Å². The quantitative estimate of drug-likeness (QED) is 0.635. The zero-order chi connectivity index (χ0) is 14.0. The van der Waals surface area contributed by atoms with Crippen molar-refractivity contribution >= 4 is 11.6 Å². The van der Waals surface area contributed by atoms with Crippen LogP contribution in [0.4, 0.5) is 5.69 Å². The zero-order valence-electron chi connectivity index (χ0n) is 10.4. The Hall–Kier alpha value is -2.15. The Balaban J connectivity index is 1.82. The molecule has 0 bridgehead atoms. The van der Waals surface area contributed by atoms with E-state index in [1.807, 2.05) is 0 Å². The van der Waals surface area contributed by atoms with Gasteiger partial charge in [0.05, 0.1) is 23.6 Å². The molecular formula is C12H14N2O5. The van der Waals surface area contributed by atoms with Crippen molar-refractivity contribution in [3.63, 3.8) is 0 Å². The van der Waals surface area contributed by atoms with Crippen LogP contribution in [0.25, 0.3) is 0 Å². The summed E-state index contributed by atoms with van der Waals surface area (Å²) < 4.78 is 5.23. The molecular weight excluding hydrogens is 252 g/mol. The Labute approximate surface area is 109 Å². The van der Waals surface area contributed by atoms with E-state index in [1.165, 1.54) is 29.2 Å². The van der Waals surface area contributed by atoms with E-state index >= 15 is 0 Å². The number of non-ortho nitro benzene ring substituents is 1. The van der Waals surface area contributed by atoms with E-state index in [-0.39, 0.29) is 18.2 Å². The molecule has 1 N–H and O–H groups in total. The second-order valence-electron chi connectivity index (χ2n) is 4.79. The average molecular weight is 266 g/mol. The highest BCUT2D eigenvalue weighted by molar-refractivity contribution is 5.79. The molecule has 1 fully saturated rings. The lowest BCUT2D eigenvalue weighted by Crippen LogP contribution is -2.62. The predicted octanol–water partition coefficient (Wildman–Crippen LogP) is 0.567. The number of β-amino-alcohol motifs (C(OH)–C–C–N with tert-alkyl or cyclic N) is 1. The molecule has 2 rings (SSSR count). The van der Waals surface area contributed by atoms with Gasteiger partial charge in [-0.3, -0.25) is 14.9 Å². The average Bonchev–Trinajstić information content (AvgIpc) is 2.33. The second kappa shape index (κ2) is 4.85. The summed E-state index contributed by atoms with van der Waals surface area (Å²) in [5, 5.41) is 20.0. The number of hydrogen-bond acceptors (Lipinski definition) is 5. The molecule has 0 saturated carbocycles. The number of amides is 1. The summed E-state index contributed by atoms with van der Waals surface area (Å²) in [5.74, 6) is 0.177. The van der Waals surface area contributed by atoms with E-state index in [4.69, 9.17) is 4.74 Å². The molecule has 19 heavy (non-hydrogen) atoms. The molecule has 0 unspecified atom stereocenters. The van der Waals surface area contributed by atoms with Crippen LogP contribution in [0.15, 0.2) is 24.3 Å². The standard InChI is InChI=1S/C12H14N2O5/c1-12(16)7-13(8-12)11(15)6-19-10-4-2-9(3-5-10)14(17)18/h2-5,16H,6-8H2,1H3. The van der Waals surface area contributed by atoms with Crippen LogP contribution in [0.2, 0.25) is 0 Å². The summed E-state index contributed by atoms with van der Waals surface area (Å²) in [4.78, 5) is 23.1. The fraction of sp³-hybridized carbons (Fsp3) is 0.417. The largest absolute Gasteiger partial charge is 0.484 e. The molecule has 0 aliphatic carbocycles. The van der Waals surface area contributed by atoms with Crippen molar-refractivity contribution in [2.75, 3.05) is 19.7 Å². The molecule has 0 radical (unpaired) electrons. The van der Waals surface area contributed by atoms with E-state index in [9.17, 15) is 20.0 Å². The van der Waals surface area contributed by atoms with Crippen LogP contribution in [0, 0.1) is 10.1 Å². The number of likely N-dealkylation sites (tertiary alicyclic amines) is 1. The number of nitro groups is 1. The minimum Gasteiger partial charge on any atom is -0.484 e. The molecule has 1 aliphatic heterocycles. The molecule has 1 aromatic rings. The van der Waals surface area contributed by atoms with E-state index in [2.05, 4.69) is 0 Å². The first-order chi connectivity index (χ1) is 8.87. The van der Waals surface area contributed by atoms with Gasteiger partial charge in [0.15, 0.2) is 6.61 Å². The monoisotopic (exact) mass is 266 g/mol. The number of hydrogen-bond donors (Lipinski definition) is 1. The van der Waals surface area contributed by atoms with Crippen molar-refractivity contribution in [2.45, 2.75) is 12.5 Å². The molecule has 1 amide bonds. The molecule has 0 atom stereocenters. The number of ether oxygens (including phenoxy) is 1. The summed E-state index contributed by atoms with van der Waals surface area (Å²) in [6.45, 7) is 2.12. The van der Waals surface area contributed by atoms with Gasteiger partial charge in [-0.15, -0.1) is 0 Å². The maximum atomic E-state index is 11.6. The number of aliphatic hydroxyl groups is 1. The van der Waals surface area contributed by atoms with Gasteiger partial charge in [0.2, 0.25) is 0 Å². The van der Waals surface area contributed by atoms with Gasteiger partial charge in [-0.05, 0) is 19.1 Å². The van der Waals surface area contributed by atoms with Gasteiger partial charge in [0, 0.05) is 12.1 Å². The summed E-state index contributed by atoms with van der Waals surface area (Å²) in [6, 6.07) is 5.51. The summed E-state index contributed by atoms with van der Waals surface area (Å²) in [5.41, 5.74) is -0.833. The second-order valence-corrected chi connectivity index (χ2v) is 4.79. The fourth-order valence-corrected chi connectivity index (χ4v) is 1.85. The van der Waals surface area contributed by atoms with Crippen LogP contribution in [0.5, 0.6) is 5.75 Å². The topological polar surface area (TPSA) is 92.9 Å². The van der Waals surface area contributed by atoms with E-state index in [0.717, 1.165) is 0 Å². The SMILES string of the molecule is CC1(O)CN(C(=O)COc2ccc([N+](=O)[O-])cc2)C1.